The fourth-order valence-corrected chi connectivity index (χ4v) is 5.20. The molecule has 158 valence electrons. The lowest BCUT2D eigenvalue weighted by atomic mass is 9.82. The SMILES string of the molecule is CC1(C)CC(=O)OC1c1ccccc1Br.C[C@@]12CC(=O)O[C@@H]1c1cc(F)ccc1C2. The molecular formula is C24H24BrFO4. The second-order valence-electron chi connectivity index (χ2n) is 9.28. The van der Waals surface area contributed by atoms with E-state index in [0.29, 0.717) is 12.8 Å². The Bertz CT molecular complexity index is 1020. The summed E-state index contributed by atoms with van der Waals surface area (Å²) in [5.41, 5.74) is 2.72. The van der Waals surface area contributed by atoms with E-state index in [9.17, 15) is 14.0 Å². The molecule has 2 fully saturated rings. The molecular weight excluding hydrogens is 451 g/mol. The first-order chi connectivity index (χ1) is 14.1. The molecule has 0 aromatic heterocycles. The van der Waals surface area contributed by atoms with Gasteiger partial charge in [0.25, 0.3) is 0 Å². The monoisotopic (exact) mass is 474 g/mol. The zero-order valence-corrected chi connectivity index (χ0v) is 18.8. The first-order valence-electron chi connectivity index (χ1n) is 10.0. The molecule has 2 aliphatic heterocycles. The highest BCUT2D eigenvalue weighted by molar-refractivity contribution is 9.10. The van der Waals surface area contributed by atoms with Crippen LogP contribution in [0.25, 0.3) is 0 Å². The number of hydrogen-bond acceptors (Lipinski definition) is 4. The van der Waals surface area contributed by atoms with Gasteiger partial charge in [-0.2, -0.15) is 0 Å². The average molecular weight is 475 g/mol. The number of halogens is 2. The molecule has 0 radical (unpaired) electrons. The Balaban J connectivity index is 0.000000145. The number of ether oxygens (including phenoxy) is 2. The molecule has 0 saturated carbocycles. The van der Waals surface area contributed by atoms with Gasteiger partial charge in [0, 0.05) is 20.9 Å². The molecule has 2 aromatic carbocycles. The highest BCUT2D eigenvalue weighted by atomic mass is 79.9. The van der Waals surface area contributed by atoms with Crippen LogP contribution in [-0.4, -0.2) is 11.9 Å². The predicted octanol–water partition coefficient (Wildman–Crippen LogP) is 5.84. The van der Waals surface area contributed by atoms with Crippen molar-refractivity contribution in [2.24, 2.45) is 10.8 Å². The Hall–Kier alpha value is -2.21. The summed E-state index contributed by atoms with van der Waals surface area (Å²) >= 11 is 3.49. The number of cyclic esters (lactones) is 1. The van der Waals surface area contributed by atoms with E-state index in [1.54, 1.807) is 6.07 Å². The fraction of sp³-hybridized carbons (Fsp3) is 0.417. The topological polar surface area (TPSA) is 52.6 Å². The van der Waals surface area contributed by atoms with Crippen molar-refractivity contribution < 1.29 is 23.5 Å². The van der Waals surface area contributed by atoms with Crippen LogP contribution in [-0.2, 0) is 25.5 Å². The van der Waals surface area contributed by atoms with Crippen LogP contribution in [0.2, 0.25) is 0 Å². The van der Waals surface area contributed by atoms with Crippen molar-refractivity contribution in [3.8, 4) is 0 Å². The third-order valence-corrected chi connectivity index (χ3v) is 6.88. The van der Waals surface area contributed by atoms with Gasteiger partial charge in [-0.3, -0.25) is 9.59 Å². The van der Waals surface area contributed by atoms with Crippen LogP contribution in [0.5, 0.6) is 0 Å². The molecule has 3 atom stereocenters. The van der Waals surface area contributed by atoms with Crippen LogP contribution in [0.3, 0.4) is 0 Å². The summed E-state index contributed by atoms with van der Waals surface area (Å²) in [5, 5.41) is 0. The van der Waals surface area contributed by atoms with Crippen molar-refractivity contribution in [3.05, 3.63) is 69.4 Å². The maximum Gasteiger partial charge on any atom is 0.307 e. The van der Waals surface area contributed by atoms with Crippen LogP contribution in [0.4, 0.5) is 4.39 Å². The normalized spacial score (nSPS) is 28.2. The van der Waals surface area contributed by atoms with E-state index < -0.39 is 0 Å². The smallest absolute Gasteiger partial charge is 0.307 e. The summed E-state index contributed by atoms with van der Waals surface area (Å²) in [6.45, 7) is 6.14. The maximum absolute atomic E-state index is 13.1. The predicted molar refractivity (Wildman–Crippen MR) is 113 cm³/mol. The number of benzene rings is 2. The number of rotatable bonds is 1. The zero-order chi connectivity index (χ0) is 21.7. The molecule has 3 aliphatic rings. The molecule has 1 unspecified atom stereocenters. The molecule has 2 aromatic rings. The van der Waals surface area contributed by atoms with Crippen LogP contribution in [0, 0.1) is 16.6 Å². The lowest BCUT2D eigenvalue weighted by Crippen LogP contribution is -2.16. The van der Waals surface area contributed by atoms with E-state index in [2.05, 4.69) is 29.8 Å². The molecule has 0 N–H and O–H groups in total. The molecule has 4 nitrogen and oxygen atoms in total. The minimum Gasteiger partial charge on any atom is -0.457 e. The standard InChI is InChI=1S/C12H13BrO2.C12H11FO2/c1-12(2)7-10(14)15-11(12)8-5-3-4-6-9(8)13;1-12-5-7-2-3-8(13)4-9(7)11(12)15-10(14)6-12/h3-6,11H,7H2,1-2H3;2-4,11H,5-6H2,1H3/t;11-,12-/m.1/s1. The van der Waals surface area contributed by atoms with Crippen molar-refractivity contribution in [1.82, 2.24) is 0 Å². The second-order valence-corrected chi connectivity index (χ2v) is 10.1. The highest BCUT2D eigenvalue weighted by Crippen LogP contribution is 2.54. The van der Waals surface area contributed by atoms with Crippen LogP contribution in [0.15, 0.2) is 46.9 Å². The van der Waals surface area contributed by atoms with E-state index in [4.69, 9.17) is 9.47 Å². The van der Waals surface area contributed by atoms with Crippen molar-refractivity contribution in [3.63, 3.8) is 0 Å². The molecule has 0 spiro atoms. The quantitative estimate of drug-likeness (QED) is 0.487. The Morgan fingerprint density at radius 2 is 1.57 bits per heavy atom. The van der Waals surface area contributed by atoms with Gasteiger partial charge in [0.2, 0.25) is 0 Å². The van der Waals surface area contributed by atoms with Crippen molar-refractivity contribution >= 4 is 27.9 Å². The molecule has 1 aliphatic carbocycles. The molecule has 0 bridgehead atoms. The van der Waals surface area contributed by atoms with E-state index in [1.165, 1.54) is 12.1 Å². The number of hydrogen-bond donors (Lipinski definition) is 0. The minimum absolute atomic E-state index is 0.110. The van der Waals surface area contributed by atoms with Gasteiger partial charge in [-0.1, -0.05) is 61.0 Å². The number of carbonyl (C=O) groups is 2. The fourth-order valence-electron chi connectivity index (χ4n) is 4.71. The van der Waals surface area contributed by atoms with Gasteiger partial charge in [0.15, 0.2) is 0 Å². The lowest BCUT2D eigenvalue weighted by Gasteiger charge is -2.24. The third kappa shape index (κ3) is 3.78. The summed E-state index contributed by atoms with van der Waals surface area (Å²) in [4.78, 5) is 22.6. The molecule has 2 heterocycles. The van der Waals surface area contributed by atoms with Crippen molar-refractivity contribution in [2.45, 2.75) is 52.2 Å². The first kappa shape index (κ1) is 21.0. The lowest BCUT2D eigenvalue weighted by molar-refractivity contribution is -0.142. The van der Waals surface area contributed by atoms with Gasteiger partial charge >= 0.3 is 11.9 Å². The zero-order valence-electron chi connectivity index (χ0n) is 17.2. The summed E-state index contributed by atoms with van der Waals surface area (Å²) in [7, 11) is 0. The van der Waals surface area contributed by atoms with Gasteiger partial charge in [-0.15, -0.1) is 0 Å². The molecule has 2 saturated heterocycles. The van der Waals surface area contributed by atoms with Crippen molar-refractivity contribution in [2.75, 3.05) is 0 Å². The highest BCUT2D eigenvalue weighted by Gasteiger charge is 2.51. The molecule has 6 heteroatoms. The van der Waals surface area contributed by atoms with E-state index in [-0.39, 0.29) is 40.8 Å². The summed E-state index contributed by atoms with van der Waals surface area (Å²) in [6.07, 6.45) is 1.35. The van der Waals surface area contributed by atoms with Gasteiger partial charge in [0.1, 0.15) is 18.0 Å². The van der Waals surface area contributed by atoms with Crippen LogP contribution < -0.4 is 0 Å². The number of esters is 2. The third-order valence-electron chi connectivity index (χ3n) is 6.16. The minimum atomic E-state index is -0.263. The first-order valence-corrected chi connectivity index (χ1v) is 10.8. The Morgan fingerprint density at radius 1 is 0.900 bits per heavy atom. The summed E-state index contributed by atoms with van der Waals surface area (Å²) in [6, 6.07) is 12.6. The van der Waals surface area contributed by atoms with E-state index in [0.717, 1.165) is 27.6 Å². The van der Waals surface area contributed by atoms with Gasteiger partial charge < -0.3 is 9.47 Å². The Labute approximate surface area is 183 Å². The van der Waals surface area contributed by atoms with Crippen molar-refractivity contribution in [1.29, 1.82) is 0 Å². The van der Waals surface area contributed by atoms with Gasteiger partial charge in [-0.05, 0) is 35.7 Å². The molecule has 30 heavy (non-hydrogen) atoms. The number of carbonyl (C=O) groups excluding carboxylic acids is 2. The van der Waals surface area contributed by atoms with Crippen LogP contribution >= 0.6 is 15.9 Å². The molecule has 0 amide bonds. The largest absolute Gasteiger partial charge is 0.457 e. The molecule has 5 rings (SSSR count). The summed E-state index contributed by atoms with van der Waals surface area (Å²) < 4.78 is 24.7. The Morgan fingerprint density at radius 3 is 2.23 bits per heavy atom. The summed E-state index contributed by atoms with van der Waals surface area (Å²) in [5.74, 6) is -0.542. The van der Waals surface area contributed by atoms with E-state index in [1.807, 2.05) is 31.2 Å². The average Bonchev–Trinajstić information content (AvgIpc) is 3.20. The number of fused-ring (bicyclic) bond motifs is 3. The van der Waals surface area contributed by atoms with Gasteiger partial charge in [0.05, 0.1) is 12.8 Å². The Kier molecular flexibility index (Phi) is 5.25. The second kappa shape index (κ2) is 7.49. The van der Waals surface area contributed by atoms with E-state index >= 15 is 0 Å². The van der Waals surface area contributed by atoms with Crippen LogP contribution in [0.1, 0.15) is 62.5 Å². The maximum atomic E-state index is 13.1. The van der Waals surface area contributed by atoms with Gasteiger partial charge in [-0.25, -0.2) is 4.39 Å².